The van der Waals surface area contributed by atoms with Crippen molar-refractivity contribution in [2.75, 3.05) is 12.5 Å². The van der Waals surface area contributed by atoms with Gasteiger partial charge in [-0.05, 0) is 0 Å². The van der Waals surface area contributed by atoms with Crippen molar-refractivity contribution in [1.82, 2.24) is 9.97 Å². The second-order valence-electron chi connectivity index (χ2n) is 3.34. The van der Waals surface area contributed by atoms with Crippen molar-refractivity contribution < 1.29 is 29.8 Å². The third-order valence-electron chi connectivity index (χ3n) is 1.66. The van der Waals surface area contributed by atoms with E-state index in [9.17, 15) is 25.3 Å². The average Bonchev–Trinajstić information content (AvgIpc) is 2.12. The van der Waals surface area contributed by atoms with Gasteiger partial charge >= 0.3 is 0 Å². The maximum atomic E-state index is 11.3. The van der Waals surface area contributed by atoms with E-state index < -0.39 is 44.9 Å². The van der Waals surface area contributed by atoms with Crippen LogP contribution in [-0.4, -0.2) is 52.3 Å². The van der Waals surface area contributed by atoms with Crippen molar-refractivity contribution in [2.24, 2.45) is 0 Å². The molecule has 0 aromatic carbocycles. The van der Waals surface area contributed by atoms with Crippen LogP contribution in [0, 0.1) is 0 Å². The minimum atomic E-state index is -4.88. The summed E-state index contributed by atoms with van der Waals surface area (Å²) in [6, 6.07) is 0. The molecule has 1 heterocycles. The van der Waals surface area contributed by atoms with E-state index in [1.54, 1.807) is 0 Å². The van der Waals surface area contributed by atoms with Gasteiger partial charge in [-0.25, -0.2) is 26.8 Å². The fourth-order valence-electron chi connectivity index (χ4n) is 0.961. The van der Waals surface area contributed by atoms with Crippen LogP contribution in [-0.2, 0) is 29.8 Å². The first-order valence-corrected chi connectivity index (χ1v) is 9.30. The molecule has 13 heteroatoms. The molecule has 0 saturated heterocycles. The van der Waals surface area contributed by atoms with E-state index in [-0.39, 0.29) is 12.4 Å². The summed E-state index contributed by atoms with van der Waals surface area (Å²) in [7, 11) is -12.9. The highest BCUT2D eigenvalue weighted by Crippen LogP contribution is 2.18. The number of nitrogens with zero attached hydrogens (tertiary/aromatic N) is 2. The second kappa shape index (κ2) is 5.28. The molecule has 0 aliphatic carbocycles. The standard InChI is InChI=1S/C6H8N2O7S3.ClH/c1-16(9,10)5-4(18(13,14)15)3-7-6(8-5)17(2,11)12;/h3H,1-2H3,(H,13,14,15);1H. The number of aromatic nitrogens is 2. The van der Waals surface area contributed by atoms with Gasteiger partial charge in [0.05, 0.1) is 6.20 Å². The lowest BCUT2D eigenvalue weighted by Crippen LogP contribution is -2.15. The first kappa shape index (κ1) is 18.2. The van der Waals surface area contributed by atoms with Gasteiger partial charge in [0.25, 0.3) is 10.1 Å². The van der Waals surface area contributed by atoms with Crippen LogP contribution in [0.2, 0.25) is 0 Å². The Kier molecular flexibility index (Phi) is 5.05. The largest absolute Gasteiger partial charge is 0.298 e. The number of hydrogen-bond acceptors (Lipinski definition) is 8. The lowest BCUT2D eigenvalue weighted by molar-refractivity contribution is 0.476. The van der Waals surface area contributed by atoms with Crippen LogP contribution in [0.25, 0.3) is 0 Å². The molecule has 1 aromatic rings. The zero-order valence-electron chi connectivity index (χ0n) is 9.50. The van der Waals surface area contributed by atoms with Gasteiger partial charge in [0, 0.05) is 12.5 Å². The molecule has 0 aliphatic heterocycles. The lowest BCUT2D eigenvalue weighted by atomic mass is 10.7. The second-order valence-corrected chi connectivity index (χ2v) is 8.57. The van der Waals surface area contributed by atoms with Gasteiger partial charge in [0.2, 0.25) is 15.0 Å². The van der Waals surface area contributed by atoms with E-state index in [0.717, 1.165) is 6.26 Å². The Labute approximate surface area is 116 Å². The fourth-order valence-corrected chi connectivity index (χ4v) is 3.41. The van der Waals surface area contributed by atoms with Crippen molar-refractivity contribution in [3.63, 3.8) is 0 Å². The number of hydrogen-bond donors (Lipinski definition) is 1. The predicted molar refractivity (Wildman–Crippen MR) is 65.3 cm³/mol. The molecule has 0 aliphatic rings. The molecule has 0 fully saturated rings. The fraction of sp³-hybridized carbons (Fsp3) is 0.333. The molecule has 0 bridgehead atoms. The summed E-state index contributed by atoms with van der Waals surface area (Å²) < 4.78 is 75.6. The maximum absolute atomic E-state index is 11.3. The molecule has 19 heavy (non-hydrogen) atoms. The molecule has 9 nitrogen and oxygen atoms in total. The van der Waals surface area contributed by atoms with Crippen LogP contribution in [0.5, 0.6) is 0 Å². The van der Waals surface area contributed by atoms with E-state index in [4.69, 9.17) is 4.55 Å². The van der Waals surface area contributed by atoms with Gasteiger partial charge < -0.3 is 0 Å². The summed E-state index contributed by atoms with van der Waals surface area (Å²) >= 11 is 0. The highest BCUT2D eigenvalue weighted by Gasteiger charge is 2.27. The normalized spacial score (nSPS) is 12.8. The molecule has 1 aromatic heterocycles. The maximum Gasteiger partial charge on any atom is 0.298 e. The molecular formula is C6H9ClN2O7S3. The molecule has 0 atom stereocenters. The SMILES string of the molecule is CS(=O)(=O)c1ncc(S(=O)(=O)O)c(S(C)(=O)=O)n1.Cl. The molecule has 110 valence electrons. The van der Waals surface area contributed by atoms with Crippen LogP contribution in [0.3, 0.4) is 0 Å². The Balaban J connectivity index is 0.00000324. The summed E-state index contributed by atoms with van der Waals surface area (Å²) in [5.74, 6) is 0. The van der Waals surface area contributed by atoms with Gasteiger partial charge in [-0.3, -0.25) is 4.55 Å². The Morgan fingerprint density at radius 3 is 1.79 bits per heavy atom. The van der Waals surface area contributed by atoms with Crippen molar-refractivity contribution in [1.29, 1.82) is 0 Å². The van der Waals surface area contributed by atoms with Gasteiger partial charge in [-0.15, -0.1) is 12.4 Å². The quantitative estimate of drug-likeness (QED) is 0.408. The number of sulfone groups is 2. The Morgan fingerprint density at radius 1 is 1.00 bits per heavy atom. The molecule has 1 rings (SSSR count). The zero-order chi connectivity index (χ0) is 14.4. The summed E-state index contributed by atoms with van der Waals surface area (Å²) in [6.45, 7) is 0. The Morgan fingerprint density at radius 2 is 1.47 bits per heavy atom. The van der Waals surface area contributed by atoms with Crippen LogP contribution >= 0.6 is 12.4 Å². The van der Waals surface area contributed by atoms with Crippen molar-refractivity contribution in [2.45, 2.75) is 15.1 Å². The molecule has 1 N–H and O–H groups in total. The third kappa shape index (κ3) is 4.35. The van der Waals surface area contributed by atoms with Gasteiger partial charge in [-0.2, -0.15) is 8.42 Å². The highest BCUT2D eigenvalue weighted by molar-refractivity contribution is 7.92. The van der Waals surface area contributed by atoms with Gasteiger partial charge in [0.15, 0.2) is 14.9 Å². The van der Waals surface area contributed by atoms with Crippen LogP contribution < -0.4 is 0 Å². The van der Waals surface area contributed by atoms with Gasteiger partial charge in [0.1, 0.15) is 4.90 Å². The van der Waals surface area contributed by atoms with Crippen LogP contribution in [0.1, 0.15) is 0 Å². The minimum absolute atomic E-state index is 0. The molecule has 0 unspecified atom stereocenters. The molecule has 0 saturated carbocycles. The van der Waals surface area contributed by atoms with Crippen molar-refractivity contribution in [3.05, 3.63) is 6.20 Å². The zero-order valence-corrected chi connectivity index (χ0v) is 12.8. The molecule has 0 radical (unpaired) electrons. The lowest BCUT2D eigenvalue weighted by Gasteiger charge is -2.05. The smallest absolute Gasteiger partial charge is 0.282 e. The summed E-state index contributed by atoms with van der Waals surface area (Å²) in [5, 5.41) is -1.92. The topological polar surface area (TPSA) is 148 Å². The molecule has 0 spiro atoms. The minimum Gasteiger partial charge on any atom is -0.282 e. The van der Waals surface area contributed by atoms with E-state index in [0.29, 0.717) is 12.5 Å². The highest BCUT2D eigenvalue weighted by atomic mass is 35.5. The molecule has 0 amide bonds. The Hall–Kier alpha value is -0.820. The van der Waals surface area contributed by atoms with E-state index >= 15 is 0 Å². The third-order valence-corrected chi connectivity index (χ3v) is 4.52. The first-order chi connectivity index (χ1) is 7.83. The van der Waals surface area contributed by atoms with Gasteiger partial charge in [-0.1, -0.05) is 0 Å². The van der Waals surface area contributed by atoms with E-state index in [1.807, 2.05) is 0 Å². The first-order valence-electron chi connectivity index (χ1n) is 4.08. The summed E-state index contributed by atoms with van der Waals surface area (Å²) in [4.78, 5) is 5.27. The molecular weight excluding hydrogens is 344 g/mol. The van der Waals surface area contributed by atoms with Crippen LogP contribution in [0.15, 0.2) is 21.3 Å². The number of rotatable bonds is 3. The average molecular weight is 353 g/mol. The van der Waals surface area contributed by atoms with E-state index in [1.165, 1.54) is 0 Å². The predicted octanol–water partition coefficient (Wildman–Crippen LogP) is -1.05. The summed E-state index contributed by atoms with van der Waals surface area (Å²) in [6.07, 6.45) is 1.77. The van der Waals surface area contributed by atoms with Crippen LogP contribution in [0.4, 0.5) is 0 Å². The van der Waals surface area contributed by atoms with Crippen molar-refractivity contribution >= 4 is 42.2 Å². The van der Waals surface area contributed by atoms with E-state index in [2.05, 4.69) is 9.97 Å². The Bertz CT molecular complexity index is 797. The monoisotopic (exact) mass is 352 g/mol. The number of halogens is 1. The summed E-state index contributed by atoms with van der Waals surface area (Å²) in [5.41, 5.74) is 0. The van der Waals surface area contributed by atoms with Crippen molar-refractivity contribution in [3.8, 4) is 0 Å².